The summed E-state index contributed by atoms with van der Waals surface area (Å²) < 4.78 is 23.8. The van der Waals surface area contributed by atoms with E-state index in [0.717, 1.165) is 32.1 Å². The topological polar surface area (TPSA) is 105 Å². The molecule has 3 unspecified atom stereocenters. The van der Waals surface area contributed by atoms with E-state index in [9.17, 15) is 19.4 Å². The Morgan fingerprint density at radius 1 is 0.452 bits per heavy atom. The van der Waals surface area contributed by atoms with Gasteiger partial charge in [-0.25, -0.2) is 4.57 Å². The number of unbranched alkanes of at least 4 members (excludes halogenated alkanes) is 48. The van der Waals surface area contributed by atoms with Crippen LogP contribution in [0.4, 0.5) is 0 Å². The monoisotopic (exact) mass is 1050 g/mol. The van der Waals surface area contributed by atoms with Crippen LogP contribution in [0.15, 0.2) is 12.2 Å². The molecule has 0 aliphatic heterocycles. The van der Waals surface area contributed by atoms with Crippen LogP contribution in [0.25, 0.3) is 0 Å². The third-order valence-corrected chi connectivity index (χ3v) is 16.2. The molecule has 9 heteroatoms. The number of hydrogen-bond donors (Lipinski definition) is 3. The van der Waals surface area contributed by atoms with Crippen LogP contribution in [0.3, 0.4) is 0 Å². The Morgan fingerprint density at radius 2 is 0.726 bits per heavy atom. The third-order valence-electron chi connectivity index (χ3n) is 15.3. The molecule has 0 fully saturated rings. The van der Waals surface area contributed by atoms with Gasteiger partial charge in [0.15, 0.2) is 0 Å². The molecule has 0 spiro atoms. The van der Waals surface area contributed by atoms with Gasteiger partial charge in [0.2, 0.25) is 5.91 Å². The molecule has 1 amide bonds. The number of aliphatic hydroxyl groups excluding tert-OH is 1. The van der Waals surface area contributed by atoms with E-state index in [-0.39, 0.29) is 19.1 Å². The van der Waals surface area contributed by atoms with Gasteiger partial charge in [-0.1, -0.05) is 328 Å². The predicted molar refractivity (Wildman–Crippen MR) is 319 cm³/mol. The van der Waals surface area contributed by atoms with Crippen LogP contribution >= 0.6 is 7.82 Å². The Labute approximate surface area is 456 Å². The molecule has 0 aliphatic rings. The molecule has 0 saturated heterocycles. The van der Waals surface area contributed by atoms with E-state index < -0.39 is 20.0 Å². The Balaban J connectivity index is 4.05. The van der Waals surface area contributed by atoms with Crippen LogP contribution < -0.4 is 5.32 Å². The molecule has 0 rings (SSSR count). The first-order chi connectivity index (χ1) is 35.5. The van der Waals surface area contributed by atoms with Crippen molar-refractivity contribution >= 4 is 13.7 Å². The number of phosphoric acid groups is 1. The number of allylic oxidation sites excluding steroid dienone is 1. The maximum absolute atomic E-state index is 13.0. The van der Waals surface area contributed by atoms with Gasteiger partial charge in [0.1, 0.15) is 13.2 Å². The van der Waals surface area contributed by atoms with E-state index in [4.69, 9.17) is 9.05 Å². The SMILES string of the molecule is CCCCCCCCCCCCCCCCCCCCC/C=C/C(O)C(COP(=O)(O)OCC[N+](C)(C)C)NC(=O)CCCCCCCCCCCCCCCCCCCCCCCCCCCCCCCC. The van der Waals surface area contributed by atoms with Crippen molar-refractivity contribution in [1.29, 1.82) is 0 Å². The second-order valence-corrected chi connectivity index (χ2v) is 25.3. The van der Waals surface area contributed by atoms with Crippen molar-refractivity contribution in [2.75, 3.05) is 40.9 Å². The second-order valence-electron chi connectivity index (χ2n) is 23.9. The van der Waals surface area contributed by atoms with Crippen molar-refractivity contribution in [3.8, 4) is 0 Å². The highest BCUT2D eigenvalue weighted by Crippen LogP contribution is 2.43. The van der Waals surface area contributed by atoms with Crippen molar-refractivity contribution < 1.29 is 32.9 Å². The molecular formula is C64H130N2O6P+. The van der Waals surface area contributed by atoms with Crippen LogP contribution in [0.5, 0.6) is 0 Å². The molecule has 0 aromatic carbocycles. The van der Waals surface area contributed by atoms with Crippen LogP contribution in [0.1, 0.15) is 341 Å². The van der Waals surface area contributed by atoms with E-state index in [1.807, 2.05) is 27.2 Å². The third kappa shape index (κ3) is 58.8. The summed E-state index contributed by atoms with van der Waals surface area (Å²) in [6.45, 7) is 4.88. The van der Waals surface area contributed by atoms with Crippen LogP contribution in [-0.2, 0) is 18.4 Å². The summed E-state index contributed by atoms with van der Waals surface area (Å²) in [6, 6.07) is -0.843. The summed E-state index contributed by atoms with van der Waals surface area (Å²) in [5.41, 5.74) is 0. The lowest BCUT2D eigenvalue weighted by Gasteiger charge is -2.25. The molecular weight excluding hydrogens is 924 g/mol. The van der Waals surface area contributed by atoms with Crippen molar-refractivity contribution in [3.63, 3.8) is 0 Å². The number of quaternary nitrogens is 1. The minimum absolute atomic E-state index is 0.0654. The predicted octanol–water partition coefficient (Wildman–Crippen LogP) is 20.2. The molecule has 0 bridgehead atoms. The van der Waals surface area contributed by atoms with Crippen molar-refractivity contribution in [2.45, 2.75) is 353 Å². The summed E-state index contributed by atoms with van der Waals surface area (Å²) in [5.74, 6) is -0.168. The highest BCUT2D eigenvalue weighted by Gasteiger charge is 2.28. The Bertz CT molecular complexity index is 1200. The molecule has 0 saturated carbocycles. The molecule has 3 N–H and O–H groups in total. The first-order valence-corrected chi connectivity index (χ1v) is 34.1. The summed E-state index contributed by atoms with van der Waals surface area (Å²) in [7, 11) is 1.59. The lowest BCUT2D eigenvalue weighted by atomic mass is 10.0. The minimum atomic E-state index is -4.35. The zero-order valence-corrected chi connectivity index (χ0v) is 50.8. The van der Waals surface area contributed by atoms with E-state index in [1.54, 1.807) is 6.08 Å². The largest absolute Gasteiger partial charge is 0.472 e. The zero-order valence-electron chi connectivity index (χ0n) is 49.9. The lowest BCUT2D eigenvalue weighted by molar-refractivity contribution is -0.870. The number of amides is 1. The number of carbonyl (C=O) groups is 1. The second kappa shape index (κ2) is 56.0. The molecule has 436 valence electrons. The van der Waals surface area contributed by atoms with E-state index >= 15 is 0 Å². The number of nitrogens with zero attached hydrogens (tertiary/aromatic N) is 1. The normalized spacial score (nSPS) is 13.8. The Morgan fingerprint density at radius 3 is 1.01 bits per heavy atom. The van der Waals surface area contributed by atoms with Crippen LogP contribution in [0, 0.1) is 0 Å². The van der Waals surface area contributed by atoms with E-state index in [1.165, 1.54) is 289 Å². The quantitative estimate of drug-likeness (QED) is 0.0243. The molecule has 0 aliphatic carbocycles. The van der Waals surface area contributed by atoms with Gasteiger partial charge in [-0.15, -0.1) is 0 Å². The smallest absolute Gasteiger partial charge is 0.387 e. The molecule has 0 radical (unpaired) electrons. The van der Waals surface area contributed by atoms with Gasteiger partial charge >= 0.3 is 7.82 Å². The number of rotatable bonds is 61. The van der Waals surface area contributed by atoms with Crippen molar-refractivity contribution in [1.82, 2.24) is 5.32 Å². The average molecular weight is 1050 g/mol. The van der Waals surface area contributed by atoms with Gasteiger partial charge in [-0.2, -0.15) is 0 Å². The standard InChI is InChI=1S/C64H129N2O6P/c1-6-8-10-12-14-16-18-20-22-24-26-28-29-30-31-32-33-34-35-36-38-40-42-44-46-48-50-52-54-56-58-64(68)65-62(61-72-73(69,70)71-60-59-66(3,4)5)63(67)57-55-53-51-49-47-45-43-41-39-37-27-25-23-21-19-17-15-13-11-9-7-2/h55,57,62-63,67H,6-54,56,58-61H2,1-5H3,(H-,65,68,69,70)/p+1/b57-55+. The van der Waals surface area contributed by atoms with Gasteiger partial charge in [-0.3, -0.25) is 13.8 Å². The Kier molecular flexibility index (Phi) is 55.4. The number of carbonyl (C=O) groups excluding carboxylic acids is 1. The summed E-state index contributed by atoms with van der Waals surface area (Å²) in [6.07, 6.45) is 70.5. The number of aliphatic hydroxyl groups is 1. The fraction of sp³-hybridized carbons (Fsp3) is 0.953. The highest BCUT2D eigenvalue weighted by molar-refractivity contribution is 7.47. The Hall–Kier alpha value is -0.760. The maximum atomic E-state index is 13.0. The van der Waals surface area contributed by atoms with E-state index in [2.05, 4.69) is 19.2 Å². The first-order valence-electron chi connectivity index (χ1n) is 32.6. The van der Waals surface area contributed by atoms with Crippen LogP contribution in [0.2, 0.25) is 0 Å². The van der Waals surface area contributed by atoms with Crippen molar-refractivity contribution in [2.24, 2.45) is 0 Å². The van der Waals surface area contributed by atoms with Gasteiger partial charge in [-0.05, 0) is 19.3 Å². The van der Waals surface area contributed by atoms with Crippen LogP contribution in [-0.4, -0.2) is 73.4 Å². The summed E-state index contributed by atoms with van der Waals surface area (Å²) >= 11 is 0. The number of phosphoric ester groups is 1. The van der Waals surface area contributed by atoms with Gasteiger partial charge < -0.3 is 19.8 Å². The van der Waals surface area contributed by atoms with Crippen molar-refractivity contribution in [3.05, 3.63) is 12.2 Å². The molecule has 0 aromatic heterocycles. The number of nitrogens with one attached hydrogen (secondary N) is 1. The highest BCUT2D eigenvalue weighted by atomic mass is 31.2. The molecule has 0 aromatic rings. The number of hydrogen-bond acceptors (Lipinski definition) is 5. The molecule has 3 atom stereocenters. The summed E-state index contributed by atoms with van der Waals surface area (Å²) in [4.78, 5) is 23.4. The van der Waals surface area contributed by atoms with Gasteiger partial charge in [0.05, 0.1) is 39.9 Å². The molecule has 73 heavy (non-hydrogen) atoms. The van der Waals surface area contributed by atoms with E-state index in [0.29, 0.717) is 17.4 Å². The lowest BCUT2D eigenvalue weighted by Crippen LogP contribution is -2.45. The zero-order chi connectivity index (χ0) is 53.5. The molecule has 8 nitrogen and oxygen atoms in total. The fourth-order valence-corrected chi connectivity index (χ4v) is 10.9. The fourth-order valence-electron chi connectivity index (χ4n) is 10.2. The summed E-state index contributed by atoms with van der Waals surface area (Å²) in [5, 5.41) is 14.0. The number of likely N-dealkylation sites (N-methyl/N-ethyl adjacent to an activating group) is 1. The minimum Gasteiger partial charge on any atom is -0.387 e. The molecule has 0 heterocycles. The average Bonchev–Trinajstić information content (AvgIpc) is 3.35. The van der Waals surface area contributed by atoms with Gasteiger partial charge in [0, 0.05) is 6.42 Å². The maximum Gasteiger partial charge on any atom is 0.472 e. The van der Waals surface area contributed by atoms with Gasteiger partial charge in [0.25, 0.3) is 0 Å². The first kappa shape index (κ1) is 72.2.